The molecular formula is C18H18FN3O2S2. The van der Waals surface area contributed by atoms with Crippen LogP contribution in [0.15, 0.2) is 45.7 Å². The van der Waals surface area contributed by atoms with E-state index in [9.17, 15) is 14.0 Å². The summed E-state index contributed by atoms with van der Waals surface area (Å²) in [5.74, 6) is -0.538. The lowest BCUT2D eigenvalue weighted by Gasteiger charge is -2.14. The molecule has 2 heterocycles. The molecule has 0 aliphatic rings. The van der Waals surface area contributed by atoms with Crippen LogP contribution in [0.5, 0.6) is 0 Å². The predicted octanol–water partition coefficient (Wildman–Crippen LogP) is 3.98. The van der Waals surface area contributed by atoms with Crippen molar-refractivity contribution in [1.29, 1.82) is 0 Å². The van der Waals surface area contributed by atoms with Crippen molar-refractivity contribution in [2.75, 3.05) is 11.1 Å². The van der Waals surface area contributed by atoms with Gasteiger partial charge in [0.05, 0.1) is 17.0 Å². The topological polar surface area (TPSA) is 64.0 Å². The number of carbonyl (C=O) groups is 1. The Bertz CT molecular complexity index is 998. The summed E-state index contributed by atoms with van der Waals surface area (Å²) < 4.78 is 15.9. The minimum Gasteiger partial charge on any atom is -0.323 e. The van der Waals surface area contributed by atoms with E-state index in [0.29, 0.717) is 21.9 Å². The van der Waals surface area contributed by atoms with E-state index in [-0.39, 0.29) is 28.8 Å². The molecule has 136 valence electrons. The van der Waals surface area contributed by atoms with Crippen LogP contribution in [-0.4, -0.2) is 21.2 Å². The van der Waals surface area contributed by atoms with Crippen molar-refractivity contribution in [2.24, 2.45) is 5.92 Å². The van der Waals surface area contributed by atoms with Crippen molar-refractivity contribution in [3.63, 3.8) is 0 Å². The van der Waals surface area contributed by atoms with Crippen molar-refractivity contribution in [3.8, 4) is 0 Å². The average molecular weight is 391 g/mol. The molecule has 26 heavy (non-hydrogen) atoms. The highest BCUT2D eigenvalue weighted by Gasteiger charge is 2.15. The number of para-hydroxylation sites is 1. The smallest absolute Gasteiger partial charge is 0.272 e. The van der Waals surface area contributed by atoms with Crippen molar-refractivity contribution in [1.82, 2.24) is 9.55 Å². The van der Waals surface area contributed by atoms with Crippen LogP contribution in [0.4, 0.5) is 10.1 Å². The lowest BCUT2D eigenvalue weighted by atomic mass is 10.2. The van der Waals surface area contributed by atoms with Gasteiger partial charge in [0.2, 0.25) is 5.91 Å². The molecule has 1 amide bonds. The van der Waals surface area contributed by atoms with Crippen molar-refractivity contribution in [2.45, 2.75) is 25.5 Å². The number of thiophene rings is 1. The number of aromatic nitrogens is 2. The molecule has 3 aromatic rings. The minimum absolute atomic E-state index is 0.0362. The van der Waals surface area contributed by atoms with E-state index >= 15 is 0 Å². The Morgan fingerprint density at radius 3 is 2.85 bits per heavy atom. The number of nitrogens with zero attached hydrogens (tertiary/aromatic N) is 2. The number of rotatable bonds is 6. The summed E-state index contributed by atoms with van der Waals surface area (Å²) >= 11 is 2.54. The van der Waals surface area contributed by atoms with Gasteiger partial charge in [-0.1, -0.05) is 37.7 Å². The van der Waals surface area contributed by atoms with E-state index in [1.807, 2.05) is 19.2 Å². The van der Waals surface area contributed by atoms with Gasteiger partial charge in [-0.2, -0.15) is 0 Å². The number of hydrogen-bond donors (Lipinski definition) is 1. The molecular weight excluding hydrogens is 373 g/mol. The second kappa shape index (κ2) is 8.01. The van der Waals surface area contributed by atoms with Crippen LogP contribution in [0.2, 0.25) is 0 Å². The van der Waals surface area contributed by atoms with Crippen LogP contribution in [0.25, 0.3) is 10.2 Å². The molecule has 0 fully saturated rings. The second-order valence-corrected chi connectivity index (χ2v) is 8.01. The molecule has 1 N–H and O–H groups in total. The number of thioether (sulfide) groups is 1. The van der Waals surface area contributed by atoms with Crippen LogP contribution >= 0.6 is 23.1 Å². The molecule has 0 saturated carbocycles. The van der Waals surface area contributed by atoms with E-state index in [0.717, 1.165) is 0 Å². The number of benzene rings is 1. The third kappa shape index (κ3) is 4.13. The SMILES string of the molecule is CC(C)Cn1c(SCC(=O)Nc2ccccc2F)nc2ccsc2c1=O. The van der Waals surface area contributed by atoms with Crippen molar-refractivity contribution < 1.29 is 9.18 Å². The van der Waals surface area contributed by atoms with Crippen molar-refractivity contribution in [3.05, 3.63) is 51.9 Å². The van der Waals surface area contributed by atoms with Crippen molar-refractivity contribution >= 4 is 44.9 Å². The Labute approximate surface area is 158 Å². The van der Waals surface area contributed by atoms with Crippen LogP contribution < -0.4 is 10.9 Å². The molecule has 0 bridgehead atoms. The van der Waals surface area contributed by atoms with Crippen LogP contribution in [-0.2, 0) is 11.3 Å². The Morgan fingerprint density at radius 1 is 1.35 bits per heavy atom. The lowest BCUT2D eigenvalue weighted by molar-refractivity contribution is -0.113. The van der Waals surface area contributed by atoms with Gasteiger partial charge in [-0.25, -0.2) is 9.37 Å². The van der Waals surface area contributed by atoms with Gasteiger partial charge >= 0.3 is 0 Å². The molecule has 5 nitrogen and oxygen atoms in total. The molecule has 1 aromatic carbocycles. The molecule has 0 radical (unpaired) electrons. The fourth-order valence-corrected chi connectivity index (χ4v) is 4.03. The average Bonchev–Trinajstić information content (AvgIpc) is 3.06. The van der Waals surface area contributed by atoms with Gasteiger partial charge < -0.3 is 5.32 Å². The van der Waals surface area contributed by atoms with Gasteiger partial charge in [0.1, 0.15) is 10.5 Å². The second-order valence-electron chi connectivity index (χ2n) is 6.16. The zero-order valence-corrected chi connectivity index (χ0v) is 16.0. The highest BCUT2D eigenvalue weighted by Crippen LogP contribution is 2.22. The molecule has 0 aliphatic carbocycles. The van der Waals surface area contributed by atoms with E-state index in [4.69, 9.17) is 0 Å². The number of anilines is 1. The quantitative estimate of drug-likeness (QED) is 0.510. The Balaban J connectivity index is 1.80. The fraction of sp³-hybridized carbons (Fsp3) is 0.278. The third-order valence-electron chi connectivity index (χ3n) is 3.56. The largest absolute Gasteiger partial charge is 0.323 e. The summed E-state index contributed by atoms with van der Waals surface area (Å²) in [6.45, 7) is 4.56. The van der Waals surface area contributed by atoms with Gasteiger partial charge in [0.25, 0.3) is 5.56 Å². The van der Waals surface area contributed by atoms with Gasteiger partial charge in [-0.05, 0) is 29.5 Å². The molecule has 0 spiro atoms. The van der Waals surface area contributed by atoms with Gasteiger partial charge in [-0.3, -0.25) is 14.2 Å². The summed E-state index contributed by atoms with van der Waals surface area (Å²) in [5.41, 5.74) is 0.687. The molecule has 0 atom stereocenters. The fourth-order valence-electron chi connectivity index (χ4n) is 2.44. The molecule has 8 heteroatoms. The Hall–Kier alpha value is -2.19. The van der Waals surface area contributed by atoms with Crippen LogP contribution in [0.1, 0.15) is 13.8 Å². The maximum Gasteiger partial charge on any atom is 0.272 e. The summed E-state index contributed by atoms with van der Waals surface area (Å²) in [6.07, 6.45) is 0. The zero-order chi connectivity index (χ0) is 18.7. The first-order valence-corrected chi connectivity index (χ1v) is 9.97. The number of hydrogen-bond acceptors (Lipinski definition) is 5. The highest BCUT2D eigenvalue weighted by atomic mass is 32.2. The van der Waals surface area contributed by atoms with Gasteiger partial charge in [0.15, 0.2) is 5.16 Å². The number of carbonyl (C=O) groups excluding carboxylic acids is 1. The normalized spacial score (nSPS) is 11.2. The lowest BCUT2D eigenvalue weighted by Crippen LogP contribution is -2.25. The first-order valence-electron chi connectivity index (χ1n) is 8.11. The molecule has 3 rings (SSSR count). The number of halogens is 1. The number of fused-ring (bicyclic) bond motifs is 1. The summed E-state index contributed by atoms with van der Waals surface area (Å²) in [4.78, 5) is 29.4. The third-order valence-corrected chi connectivity index (χ3v) is 5.43. The van der Waals surface area contributed by atoms with E-state index in [2.05, 4.69) is 10.3 Å². The summed E-state index contributed by atoms with van der Waals surface area (Å²) in [6, 6.07) is 7.80. The summed E-state index contributed by atoms with van der Waals surface area (Å²) in [5, 5.41) is 4.87. The monoisotopic (exact) mass is 391 g/mol. The zero-order valence-electron chi connectivity index (χ0n) is 14.4. The minimum atomic E-state index is -0.486. The maximum absolute atomic E-state index is 13.6. The van der Waals surface area contributed by atoms with Gasteiger partial charge in [0, 0.05) is 6.54 Å². The standard InChI is InChI=1S/C18H18FN3O2S2/c1-11(2)9-22-17(24)16-14(7-8-25-16)21-18(22)26-10-15(23)20-13-6-4-3-5-12(13)19/h3-8,11H,9-10H2,1-2H3,(H,20,23). The van der Waals surface area contributed by atoms with Crippen LogP contribution in [0.3, 0.4) is 0 Å². The van der Waals surface area contributed by atoms with E-state index in [1.165, 1.54) is 35.2 Å². The molecule has 0 saturated heterocycles. The highest BCUT2D eigenvalue weighted by molar-refractivity contribution is 7.99. The maximum atomic E-state index is 13.6. The first kappa shape index (κ1) is 18.6. The predicted molar refractivity (Wildman–Crippen MR) is 104 cm³/mol. The number of amides is 1. The Morgan fingerprint density at radius 2 is 2.12 bits per heavy atom. The van der Waals surface area contributed by atoms with E-state index in [1.54, 1.807) is 22.8 Å². The Kier molecular flexibility index (Phi) is 5.73. The number of nitrogens with one attached hydrogen (secondary N) is 1. The summed E-state index contributed by atoms with van der Waals surface area (Å²) in [7, 11) is 0. The molecule has 2 aromatic heterocycles. The molecule has 0 aliphatic heterocycles. The molecule has 0 unspecified atom stereocenters. The van der Waals surface area contributed by atoms with Crippen LogP contribution in [0, 0.1) is 11.7 Å². The van der Waals surface area contributed by atoms with Gasteiger partial charge in [-0.15, -0.1) is 11.3 Å². The first-order chi connectivity index (χ1) is 12.5. The van der Waals surface area contributed by atoms with E-state index < -0.39 is 5.82 Å².